The minimum atomic E-state index is -0.303. The van der Waals surface area contributed by atoms with Crippen molar-refractivity contribution in [2.75, 3.05) is 17.7 Å². The third-order valence-electron chi connectivity index (χ3n) is 4.13. The summed E-state index contributed by atoms with van der Waals surface area (Å²) >= 11 is 2.59. The average molecular weight is 441 g/mol. The van der Waals surface area contributed by atoms with Crippen molar-refractivity contribution in [2.45, 2.75) is 11.9 Å². The van der Waals surface area contributed by atoms with Crippen LogP contribution in [0.3, 0.4) is 0 Å². The fourth-order valence-electron chi connectivity index (χ4n) is 2.78. The van der Waals surface area contributed by atoms with Crippen LogP contribution in [-0.4, -0.2) is 32.6 Å². The molecule has 152 valence electrons. The molecule has 0 unspecified atom stereocenters. The van der Waals surface area contributed by atoms with E-state index in [9.17, 15) is 9.18 Å². The summed E-state index contributed by atoms with van der Waals surface area (Å²) in [5, 5.41) is 3.55. The summed E-state index contributed by atoms with van der Waals surface area (Å²) in [5.41, 5.74) is 2.85. The van der Waals surface area contributed by atoms with Gasteiger partial charge in [-0.3, -0.25) is 4.79 Å². The standard InChI is InChI=1S/C21H17FN4O2S2/c1-2-28-16-9-7-15(8-10-16)25-17(27)11-29-21-20-19(23-12-24-21)18(26-30-20)13-3-5-14(22)6-4-13/h3-10,12H,2,11H2,1H3,(H,25,27). The van der Waals surface area contributed by atoms with E-state index in [0.29, 0.717) is 28.5 Å². The van der Waals surface area contributed by atoms with E-state index < -0.39 is 0 Å². The molecule has 0 fully saturated rings. The predicted molar refractivity (Wildman–Crippen MR) is 118 cm³/mol. The van der Waals surface area contributed by atoms with Gasteiger partial charge in [0.1, 0.15) is 38.8 Å². The van der Waals surface area contributed by atoms with Crippen LogP contribution in [0.25, 0.3) is 21.5 Å². The molecule has 2 heterocycles. The van der Waals surface area contributed by atoms with Crippen LogP contribution >= 0.6 is 23.3 Å². The molecule has 0 aliphatic carbocycles. The first-order valence-corrected chi connectivity index (χ1v) is 10.9. The van der Waals surface area contributed by atoms with Gasteiger partial charge in [-0.1, -0.05) is 11.8 Å². The van der Waals surface area contributed by atoms with Gasteiger partial charge in [0.25, 0.3) is 0 Å². The molecule has 0 spiro atoms. The molecular formula is C21H17FN4O2S2. The summed E-state index contributed by atoms with van der Waals surface area (Å²) in [4.78, 5) is 21.0. The van der Waals surface area contributed by atoms with Gasteiger partial charge in [0.05, 0.1) is 12.4 Å². The maximum absolute atomic E-state index is 13.2. The number of carbonyl (C=O) groups excluding carboxylic acids is 1. The summed E-state index contributed by atoms with van der Waals surface area (Å²) in [7, 11) is 0. The number of fused-ring (bicyclic) bond motifs is 1. The second-order valence-corrected chi connectivity index (χ2v) is 7.93. The van der Waals surface area contributed by atoms with Crippen molar-refractivity contribution >= 4 is 45.1 Å². The van der Waals surface area contributed by atoms with Gasteiger partial charge in [0.2, 0.25) is 5.91 Å². The van der Waals surface area contributed by atoms with Crippen LogP contribution in [0.5, 0.6) is 5.75 Å². The monoisotopic (exact) mass is 440 g/mol. The fraction of sp³-hybridized carbons (Fsp3) is 0.143. The largest absolute Gasteiger partial charge is 0.494 e. The van der Waals surface area contributed by atoms with Gasteiger partial charge in [-0.15, -0.1) is 0 Å². The molecule has 6 nitrogen and oxygen atoms in total. The first-order valence-electron chi connectivity index (χ1n) is 9.16. The molecular weight excluding hydrogens is 423 g/mol. The van der Waals surface area contributed by atoms with Crippen molar-refractivity contribution < 1.29 is 13.9 Å². The van der Waals surface area contributed by atoms with E-state index in [2.05, 4.69) is 19.7 Å². The highest BCUT2D eigenvalue weighted by atomic mass is 32.2. The number of hydrogen-bond acceptors (Lipinski definition) is 7. The quantitative estimate of drug-likeness (QED) is 0.321. The lowest BCUT2D eigenvalue weighted by atomic mass is 10.1. The van der Waals surface area contributed by atoms with Crippen LogP contribution in [-0.2, 0) is 4.79 Å². The van der Waals surface area contributed by atoms with Gasteiger partial charge in [0, 0.05) is 11.3 Å². The summed E-state index contributed by atoms with van der Waals surface area (Å²) < 4.78 is 23.9. The van der Waals surface area contributed by atoms with Crippen molar-refractivity contribution in [3.05, 3.63) is 60.7 Å². The van der Waals surface area contributed by atoms with E-state index in [1.165, 1.54) is 41.8 Å². The van der Waals surface area contributed by atoms with E-state index in [4.69, 9.17) is 4.74 Å². The molecule has 1 amide bonds. The Kier molecular flexibility index (Phi) is 6.20. The van der Waals surface area contributed by atoms with Crippen LogP contribution in [0, 0.1) is 5.82 Å². The molecule has 4 aromatic rings. The normalized spacial score (nSPS) is 10.9. The third kappa shape index (κ3) is 4.58. The molecule has 0 radical (unpaired) electrons. The van der Waals surface area contributed by atoms with Crippen LogP contribution in [0.2, 0.25) is 0 Å². The number of aromatic nitrogens is 3. The SMILES string of the molecule is CCOc1ccc(NC(=O)CSc2ncnc3c(-c4ccc(F)cc4)nsc23)cc1. The Labute approximate surface area is 180 Å². The van der Waals surface area contributed by atoms with Crippen molar-refractivity contribution in [1.29, 1.82) is 0 Å². The maximum Gasteiger partial charge on any atom is 0.234 e. The van der Waals surface area contributed by atoms with Crippen molar-refractivity contribution in [2.24, 2.45) is 0 Å². The number of halogens is 1. The Balaban J connectivity index is 1.45. The molecule has 0 saturated heterocycles. The lowest BCUT2D eigenvalue weighted by Crippen LogP contribution is -2.14. The average Bonchev–Trinajstić information content (AvgIpc) is 3.19. The van der Waals surface area contributed by atoms with E-state index in [1.54, 1.807) is 24.3 Å². The molecule has 0 saturated carbocycles. The first kappa shape index (κ1) is 20.2. The number of nitrogens with zero attached hydrogens (tertiary/aromatic N) is 3. The van der Waals surface area contributed by atoms with Gasteiger partial charge in [-0.25, -0.2) is 14.4 Å². The molecule has 4 rings (SSSR count). The number of nitrogens with one attached hydrogen (secondary N) is 1. The summed E-state index contributed by atoms with van der Waals surface area (Å²) in [6.07, 6.45) is 1.45. The molecule has 1 N–H and O–H groups in total. The molecule has 9 heteroatoms. The van der Waals surface area contributed by atoms with Crippen LogP contribution in [0.4, 0.5) is 10.1 Å². The van der Waals surface area contributed by atoms with Gasteiger partial charge >= 0.3 is 0 Å². The van der Waals surface area contributed by atoms with Gasteiger partial charge in [-0.2, -0.15) is 4.37 Å². The number of rotatable bonds is 7. The highest BCUT2D eigenvalue weighted by molar-refractivity contribution is 8.00. The van der Waals surface area contributed by atoms with Crippen molar-refractivity contribution in [3.8, 4) is 17.0 Å². The second-order valence-electron chi connectivity index (χ2n) is 6.19. The molecule has 0 bridgehead atoms. The Morgan fingerprint density at radius 1 is 1.13 bits per heavy atom. The Bertz CT molecular complexity index is 1160. The summed E-state index contributed by atoms with van der Waals surface area (Å²) in [6, 6.07) is 13.4. The zero-order valence-corrected chi connectivity index (χ0v) is 17.6. The number of carbonyl (C=O) groups is 1. The Hall–Kier alpha value is -3.04. The molecule has 2 aromatic carbocycles. The summed E-state index contributed by atoms with van der Waals surface area (Å²) in [5.74, 6) is 0.514. The maximum atomic E-state index is 13.2. The Morgan fingerprint density at radius 3 is 2.63 bits per heavy atom. The molecule has 30 heavy (non-hydrogen) atoms. The fourth-order valence-corrected chi connectivity index (χ4v) is 4.49. The zero-order valence-electron chi connectivity index (χ0n) is 16.0. The van der Waals surface area contributed by atoms with Gasteiger partial charge < -0.3 is 10.1 Å². The second kappa shape index (κ2) is 9.19. The van der Waals surface area contributed by atoms with Crippen molar-refractivity contribution in [1.82, 2.24) is 14.3 Å². The van der Waals surface area contributed by atoms with E-state index in [0.717, 1.165) is 16.0 Å². The molecule has 0 aliphatic rings. The number of hydrogen-bond donors (Lipinski definition) is 1. The minimum Gasteiger partial charge on any atom is -0.494 e. The minimum absolute atomic E-state index is 0.140. The predicted octanol–water partition coefficient (Wildman–Crippen LogP) is 5.02. The van der Waals surface area contributed by atoms with Gasteiger partial charge in [0.15, 0.2) is 0 Å². The van der Waals surface area contributed by atoms with Gasteiger partial charge in [-0.05, 0) is 67.0 Å². The van der Waals surface area contributed by atoms with Crippen LogP contribution in [0.15, 0.2) is 59.9 Å². The van der Waals surface area contributed by atoms with E-state index >= 15 is 0 Å². The number of thioether (sulfide) groups is 1. The van der Waals surface area contributed by atoms with Crippen molar-refractivity contribution in [3.63, 3.8) is 0 Å². The zero-order chi connectivity index (χ0) is 20.9. The topological polar surface area (TPSA) is 77.0 Å². The number of benzene rings is 2. The Morgan fingerprint density at radius 2 is 1.90 bits per heavy atom. The smallest absolute Gasteiger partial charge is 0.234 e. The number of anilines is 1. The van der Waals surface area contributed by atoms with E-state index in [-0.39, 0.29) is 17.5 Å². The first-order chi connectivity index (χ1) is 14.6. The van der Waals surface area contributed by atoms with Crippen LogP contribution in [0.1, 0.15) is 6.92 Å². The number of ether oxygens (including phenoxy) is 1. The number of amides is 1. The molecule has 0 aliphatic heterocycles. The highest BCUT2D eigenvalue weighted by Gasteiger charge is 2.15. The van der Waals surface area contributed by atoms with E-state index in [1.807, 2.05) is 19.1 Å². The third-order valence-corrected chi connectivity index (χ3v) is 6.09. The summed E-state index contributed by atoms with van der Waals surface area (Å²) in [6.45, 7) is 2.51. The highest BCUT2D eigenvalue weighted by Crippen LogP contribution is 2.34. The van der Waals surface area contributed by atoms with Crippen LogP contribution < -0.4 is 10.1 Å². The lowest BCUT2D eigenvalue weighted by Gasteiger charge is -2.07. The molecule has 0 atom stereocenters. The lowest BCUT2D eigenvalue weighted by molar-refractivity contribution is -0.113. The molecule has 2 aromatic heterocycles.